The van der Waals surface area contributed by atoms with Gasteiger partial charge >= 0.3 is 5.97 Å². The monoisotopic (exact) mass is 347 g/mol. The van der Waals surface area contributed by atoms with Crippen LogP contribution >= 0.6 is 0 Å². The van der Waals surface area contributed by atoms with Crippen LogP contribution in [0.3, 0.4) is 0 Å². The molecule has 6 heteroatoms. The van der Waals surface area contributed by atoms with Gasteiger partial charge in [-0.2, -0.15) is 5.10 Å². The lowest BCUT2D eigenvalue weighted by Gasteiger charge is -2.29. The Bertz CT molecular complexity index is 660. The average Bonchev–Trinajstić information content (AvgIpc) is 3.30. The second-order valence-corrected chi connectivity index (χ2v) is 8.57. The van der Waals surface area contributed by atoms with Crippen molar-refractivity contribution >= 4 is 11.9 Å². The molecule has 2 N–H and O–H groups in total. The minimum Gasteiger partial charge on any atom is -0.480 e. The van der Waals surface area contributed by atoms with Crippen molar-refractivity contribution in [3.05, 3.63) is 17.5 Å². The Hall–Kier alpha value is -1.85. The molecule has 0 atom stereocenters. The van der Waals surface area contributed by atoms with E-state index in [1.54, 1.807) is 0 Å². The highest BCUT2D eigenvalue weighted by molar-refractivity contribution is 5.96. The molecule has 25 heavy (non-hydrogen) atoms. The molecule has 0 aliphatic heterocycles. The molecule has 1 aromatic heterocycles. The maximum absolute atomic E-state index is 12.8. The van der Waals surface area contributed by atoms with E-state index in [2.05, 4.69) is 31.2 Å². The average molecular weight is 347 g/mol. The van der Waals surface area contributed by atoms with Crippen molar-refractivity contribution in [2.75, 3.05) is 0 Å². The second kappa shape index (κ2) is 6.46. The van der Waals surface area contributed by atoms with Crippen LogP contribution in [0.2, 0.25) is 0 Å². The molecule has 1 heterocycles. The number of carboxylic acids is 1. The van der Waals surface area contributed by atoms with E-state index in [1.165, 1.54) is 0 Å². The van der Waals surface area contributed by atoms with Gasteiger partial charge in [0.15, 0.2) is 5.69 Å². The lowest BCUT2D eigenvalue weighted by Crippen LogP contribution is -2.54. The third-order valence-corrected chi connectivity index (χ3v) is 5.32. The van der Waals surface area contributed by atoms with Crippen molar-refractivity contribution in [2.45, 2.75) is 89.1 Å². The topological polar surface area (TPSA) is 84.2 Å². The van der Waals surface area contributed by atoms with Crippen molar-refractivity contribution in [2.24, 2.45) is 0 Å². The van der Waals surface area contributed by atoms with Gasteiger partial charge in [-0.15, -0.1) is 0 Å². The van der Waals surface area contributed by atoms with Crippen molar-refractivity contribution in [3.8, 4) is 0 Å². The Labute approximate surface area is 149 Å². The zero-order valence-electron chi connectivity index (χ0n) is 15.5. The predicted octanol–water partition coefficient (Wildman–Crippen LogP) is 3.42. The van der Waals surface area contributed by atoms with E-state index in [9.17, 15) is 14.7 Å². The normalized spacial score (nSPS) is 20.8. The molecule has 6 nitrogen and oxygen atoms in total. The fraction of sp³-hybridized carbons (Fsp3) is 0.737. The minimum atomic E-state index is -1.15. The Morgan fingerprint density at radius 1 is 1.20 bits per heavy atom. The minimum absolute atomic E-state index is 0.205. The standard InChI is InChI=1S/C19H29N3O3/c1-18(2,3)22-15(13-8-9-13)12-14(21-22)16(23)20-19(17(24)25)10-6-4-5-7-11-19/h12-13H,4-11H2,1-3H3,(H,20,23)(H,24,25). The van der Waals surface area contributed by atoms with E-state index >= 15 is 0 Å². The van der Waals surface area contributed by atoms with Gasteiger partial charge in [-0.1, -0.05) is 25.7 Å². The number of hydrogen-bond donors (Lipinski definition) is 2. The van der Waals surface area contributed by atoms with Crippen LogP contribution in [0, 0.1) is 0 Å². The maximum Gasteiger partial charge on any atom is 0.329 e. The molecular weight excluding hydrogens is 318 g/mol. The fourth-order valence-corrected chi connectivity index (χ4v) is 3.72. The zero-order chi connectivity index (χ0) is 18.2. The number of carboxylic acid groups (broad SMARTS) is 1. The second-order valence-electron chi connectivity index (χ2n) is 8.57. The zero-order valence-corrected chi connectivity index (χ0v) is 15.5. The molecule has 0 aromatic carbocycles. The van der Waals surface area contributed by atoms with Gasteiger partial charge in [-0.05, 0) is 52.5 Å². The van der Waals surface area contributed by atoms with Crippen LogP contribution in [0.5, 0.6) is 0 Å². The van der Waals surface area contributed by atoms with Crippen LogP contribution in [-0.2, 0) is 10.3 Å². The lowest BCUT2D eigenvalue weighted by molar-refractivity contribution is -0.145. The highest BCUT2D eigenvalue weighted by atomic mass is 16.4. The number of aliphatic carboxylic acids is 1. The number of aromatic nitrogens is 2. The van der Waals surface area contributed by atoms with Crippen molar-refractivity contribution in [1.82, 2.24) is 15.1 Å². The van der Waals surface area contributed by atoms with E-state index in [1.807, 2.05) is 10.7 Å². The summed E-state index contributed by atoms with van der Waals surface area (Å²) in [4.78, 5) is 24.7. The molecule has 138 valence electrons. The molecule has 2 saturated carbocycles. The molecule has 0 spiro atoms. The van der Waals surface area contributed by atoms with Crippen molar-refractivity contribution in [3.63, 3.8) is 0 Å². The summed E-state index contributed by atoms with van der Waals surface area (Å²) in [5.41, 5.74) is 0.0619. The summed E-state index contributed by atoms with van der Waals surface area (Å²) in [5.74, 6) is -0.825. The first-order valence-electron chi connectivity index (χ1n) is 9.39. The van der Waals surface area contributed by atoms with Crippen LogP contribution in [0.4, 0.5) is 0 Å². The van der Waals surface area contributed by atoms with Crippen LogP contribution in [0.15, 0.2) is 6.07 Å². The Morgan fingerprint density at radius 2 is 1.80 bits per heavy atom. The molecule has 0 radical (unpaired) electrons. The molecule has 1 aromatic rings. The maximum atomic E-state index is 12.8. The molecule has 1 amide bonds. The number of amides is 1. The van der Waals surface area contributed by atoms with E-state index in [-0.39, 0.29) is 11.4 Å². The molecule has 0 unspecified atom stereocenters. The first-order chi connectivity index (χ1) is 11.7. The van der Waals surface area contributed by atoms with Crippen LogP contribution in [0.25, 0.3) is 0 Å². The summed E-state index contributed by atoms with van der Waals surface area (Å²) in [6.07, 6.45) is 6.94. The summed E-state index contributed by atoms with van der Waals surface area (Å²) >= 11 is 0. The third kappa shape index (κ3) is 3.72. The van der Waals surface area contributed by atoms with Gasteiger partial charge in [0, 0.05) is 11.6 Å². The van der Waals surface area contributed by atoms with Gasteiger partial charge in [0.25, 0.3) is 5.91 Å². The summed E-state index contributed by atoms with van der Waals surface area (Å²) < 4.78 is 1.93. The van der Waals surface area contributed by atoms with Gasteiger partial charge in [0.05, 0.1) is 5.54 Å². The molecule has 2 aliphatic rings. The number of nitrogens with one attached hydrogen (secondary N) is 1. The SMILES string of the molecule is CC(C)(C)n1nc(C(=O)NC2(C(=O)O)CCCCCC2)cc1C1CC1. The first-order valence-corrected chi connectivity index (χ1v) is 9.39. The largest absolute Gasteiger partial charge is 0.480 e. The van der Waals surface area contributed by atoms with E-state index in [0.717, 1.165) is 44.2 Å². The Kier molecular flexibility index (Phi) is 4.64. The van der Waals surface area contributed by atoms with Gasteiger partial charge in [0.1, 0.15) is 5.54 Å². The fourth-order valence-electron chi connectivity index (χ4n) is 3.72. The van der Waals surface area contributed by atoms with E-state index in [0.29, 0.717) is 24.5 Å². The van der Waals surface area contributed by atoms with Crippen LogP contribution in [-0.4, -0.2) is 32.3 Å². The number of carbonyl (C=O) groups is 2. The first kappa shape index (κ1) is 18.0. The van der Waals surface area contributed by atoms with Crippen molar-refractivity contribution in [1.29, 1.82) is 0 Å². The van der Waals surface area contributed by atoms with Crippen LogP contribution < -0.4 is 5.32 Å². The Balaban J connectivity index is 1.86. The number of nitrogens with zero attached hydrogens (tertiary/aromatic N) is 2. The van der Waals surface area contributed by atoms with Gasteiger partial charge in [-0.3, -0.25) is 9.48 Å². The number of carbonyl (C=O) groups excluding carboxylic acids is 1. The van der Waals surface area contributed by atoms with Gasteiger partial charge in [0.2, 0.25) is 0 Å². The van der Waals surface area contributed by atoms with Crippen LogP contribution in [0.1, 0.15) is 94.2 Å². The lowest BCUT2D eigenvalue weighted by atomic mass is 9.90. The smallest absolute Gasteiger partial charge is 0.329 e. The van der Waals surface area contributed by atoms with Gasteiger partial charge in [-0.25, -0.2) is 4.79 Å². The Morgan fingerprint density at radius 3 is 2.28 bits per heavy atom. The van der Waals surface area contributed by atoms with E-state index in [4.69, 9.17) is 0 Å². The van der Waals surface area contributed by atoms with Crippen molar-refractivity contribution < 1.29 is 14.7 Å². The summed E-state index contributed by atoms with van der Waals surface area (Å²) in [6, 6.07) is 1.85. The highest BCUT2D eigenvalue weighted by Crippen LogP contribution is 2.41. The number of rotatable bonds is 4. The number of hydrogen-bond acceptors (Lipinski definition) is 3. The predicted molar refractivity (Wildman–Crippen MR) is 94.7 cm³/mol. The third-order valence-electron chi connectivity index (χ3n) is 5.32. The molecule has 0 saturated heterocycles. The molecular formula is C19H29N3O3. The summed E-state index contributed by atoms with van der Waals surface area (Å²) in [6.45, 7) is 6.20. The van der Waals surface area contributed by atoms with Gasteiger partial charge < -0.3 is 10.4 Å². The van der Waals surface area contributed by atoms with E-state index < -0.39 is 11.5 Å². The quantitative estimate of drug-likeness (QED) is 0.817. The molecule has 0 bridgehead atoms. The molecule has 2 aliphatic carbocycles. The molecule has 2 fully saturated rings. The molecule has 3 rings (SSSR count). The summed E-state index contributed by atoms with van der Waals surface area (Å²) in [7, 11) is 0. The highest BCUT2D eigenvalue weighted by Gasteiger charge is 2.41. The summed E-state index contributed by atoms with van der Waals surface area (Å²) in [5, 5.41) is 17.1.